The lowest BCUT2D eigenvalue weighted by Gasteiger charge is -2.38. The van der Waals surface area contributed by atoms with Crippen molar-refractivity contribution >= 4 is 98.9 Å². The number of hydrogen-bond donors (Lipinski definition) is 11. The fraction of sp³-hybridized carbons (Fsp3) is 0.476. The van der Waals surface area contributed by atoms with Gasteiger partial charge in [-0.25, -0.2) is 27.6 Å². The molecule has 34 heteroatoms. The largest absolute Gasteiger partial charge is 0.497 e. The van der Waals surface area contributed by atoms with Crippen LogP contribution in [0.1, 0.15) is 130 Å². The summed E-state index contributed by atoms with van der Waals surface area (Å²) in [5, 5.41) is 31.0. The number of likely N-dealkylation sites (tertiary alicyclic amines) is 2. The molecule has 116 heavy (non-hydrogen) atoms. The molecule has 31 nitrogen and oxygen atoms in total. The van der Waals surface area contributed by atoms with Crippen LogP contribution in [0.4, 0.5) is 22.8 Å². The molecule has 4 aromatic carbocycles. The van der Waals surface area contributed by atoms with Gasteiger partial charge in [-0.05, 0) is 171 Å². The quantitative estimate of drug-likeness (QED) is 0.0205. The molecule has 0 spiro atoms. The molecule has 11 amide bonds. The van der Waals surface area contributed by atoms with Crippen molar-refractivity contribution in [1.29, 1.82) is 0 Å². The number of carboxylic acids is 1. The van der Waals surface area contributed by atoms with E-state index in [0.29, 0.717) is 50.8 Å². The van der Waals surface area contributed by atoms with E-state index in [1.165, 1.54) is 106 Å². The molecule has 626 valence electrons. The Hall–Kier alpha value is -11.8. The first-order valence-corrected chi connectivity index (χ1v) is 38.1. The number of nitrogens with one attached hydrogen (secondary N) is 10. The maximum atomic E-state index is 16.4. The number of alkyl carbamates (subject to hydrolysis) is 1. The monoisotopic (exact) mass is 1620 g/mol. The molecule has 4 heterocycles. The summed E-state index contributed by atoms with van der Waals surface area (Å²) in [6.45, 7) is 18.6. The molecule has 0 bridgehead atoms. The molecule has 8 rings (SSSR count). The number of methoxy groups -OCH3 is 1. The zero-order chi connectivity index (χ0) is 85.3. The molecule has 2 fully saturated rings. The Morgan fingerprint density at radius 3 is 1.80 bits per heavy atom. The number of carboxylic acid groups (broad SMARTS) is 1. The van der Waals surface area contributed by atoms with Crippen molar-refractivity contribution < 1.29 is 99.6 Å². The van der Waals surface area contributed by atoms with Gasteiger partial charge in [-0.3, -0.25) is 47.9 Å². The minimum Gasteiger partial charge on any atom is -0.497 e. The summed E-state index contributed by atoms with van der Waals surface area (Å²) in [7, 11) is 1.46. The van der Waals surface area contributed by atoms with Crippen LogP contribution in [0.2, 0.25) is 0 Å². The Balaban J connectivity index is 1.05. The molecule has 6 aromatic rings. The smallest absolute Gasteiger partial charge is 0.410 e. The highest BCUT2D eigenvalue weighted by Gasteiger charge is 2.50. The third-order valence-corrected chi connectivity index (χ3v) is 19.7. The second kappa shape index (κ2) is 39.5. The molecule has 11 N–H and O–H groups in total. The van der Waals surface area contributed by atoms with Gasteiger partial charge in [0.15, 0.2) is 5.78 Å². The zero-order valence-corrected chi connectivity index (χ0v) is 67.1. The van der Waals surface area contributed by atoms with Gasteiger partial charge in [0, 0.05) is 86.4 Å². The Bertz CT molecular complexity index is 4600. The maximum Gasteiger partial charge on any atom is 0.410 e. The number of halogens is 3. The van der Waals surface area contributed by atoms with E-state index in [9.17, 15) is 47.9 Å². The molecular weight excluding hydrogens is 1510 g/mol. The van der Waals surface area contributed by atoms with Crippen LogP contribution < -0.4 is 47.3 Å². The molecule has 2 aliphatic heterocycles. The summed E-state index contributed by atoms with van der Waals surface area (Å²) in [5.41, 5.74) is -0.456. The van der Waals surface area contributed by atoms with Crippen molar-refractivity contribution in [2.24, 2.45) is 0 Å². The standard InChI is InChI=1S/C82H104F3N13O18/c1-14-32-114-78(111)88-42-68(101)89-45(2)70(102)91-64(35-52-40-86-60-26-22-54(83)37-58(52)60)71(103)92-66(36-53-41-87-61-27-23-55(84)38-59(53)61)74(106)97-44-56(85)39-67(97)72(104)95-69(47(4)115-80(6,7)8)73(105)93-65(34-50-20-24-57(113-13)25-21-50)75(107)98-30-15-29-82(98,12)77(110)94-63(46(3)99)33-49-16-18-51(19-17-49)43-96(79(112)116-81(9,10)11)31-28-62(76(108)109)90-48(5)100/h14,16-27,37-38,40-41,45,47,56,62-67,69,86-87H,1,15,28-36,39,42-44H2,2-13H3,(H,88,111)(H,89,101)(H,90,100)(H,91,102)(H,92,103)(H,93,105)(H,94,110)(H,95,104)(H,108,109)/t45-,47-,56+,62+,63+,64+,65+,66+,67+,69+,82+/m1/s1. The van der Waals surface area contributed by atoms with Gasteiger partial charge in [0.05, 0.1) is 31.4 Å². The number of amides is 11. The van der Waals surface area contributed by atoms with Crippen molar-refractivity contribution in [2.75, 3.05) is 39.9 Å². The summed E-state index contributed by atoms with van der Waals surface area (Å²) in [6.07, 6.45) is -2.06. The number of ketones is 1. The predicted octanol–water partition coefficient (Wildman–Crippen LogP) is 5.88. The molecule has 2 aliphatic rings. The van der Waals surface area contributed by atoms with Crippen LogP contribution in [-0.2, 0) is 99.2 Å². The second-order valence-corrected chi connectivity index (χ2v) is 31.2. The lowest BCUT2D eigenvalue weighted by atomic mass is 9.94. The van der Waals surface area contributed by atoms with Crippen molar-refractivity contribution in [3.8, 4) is 5.75 Å². The zero-order valence-electron chi connectivity index (χ0n) is 67.1. The van der Waals surface area contributed by atoms with Gasteiger partial charge in [0.1, 0.15) is 90.1 Å². The molecule has 2 saturated heterocycles. The summed E-state index contributed by atoms with van der Waals surface area (Å²) < 4.78 is 68.6. The second-order valence-electron chi connectivity index (χ2n) is 31.2. The molecule has 0 unspecified atom stereocenters. The van der Waals surface area contributed by atoms with Crippen LogP contribution in [0.15, 0.2) is 110 Å². The lowest BCUT2D eigenvalue weighted by molar-refractivity contribution is -0.148. The number of aromatic amines is 2. The van der Waals surface area contributed by atoms with E-state index in [0.717, 1.165) is 4.90 Å². The Kier molecular flexibility index (Phi) is 30.5. The van der Waals surface area contributed by atoms with E-state index in [2.05, 4.69) is 59.1 Å². The average molecular weight is 1620 g/mol. The average Bonchev–Trinajstić information content (AvgIpc) is 1.60. The van der Waals surface area contributed by atoms with Crippen LogP contribution in [0.25, 0.3) is 21.8 Å². The van der Waals surface area contributed by atoms with Gasteiger partial charge >= 0.3 is 18.2 Å². The van der Waals surface area contributed by atoms with Crippen molar-refractivity contribution in [1.82, 2.24) is 67.2 Å². The molecule has 0 aliphatic carbocycles. The normalized spacial score (nSPS) is 17.5. The first-order valence-electron chi connectivity index (χ1n) is 38.1. The highest BCUT2D eigenvalue weighted by atomic mass is 19.1. The van der Waals surface area contributed by atoms with Crippen molar-refractivity contribution in [2.45, 2.75) is 211 Å². The first kappa shape index (κ1) is 89.7. The Labute approximate surface area is 669 Å². The molecule has 2 aromatic heterocycles. The van der Waals surface area contributed by atoms with E-state index in [-0.39, 0.29) is 69.3 Å². The van der Waals surface area contributed by atoms with Crippen LogP contribution >= 0.6 is 0 Å². The van der Waals surface area contributed by atoms with Crippen LogP contribution in [0.3, 0.4) is 0 Å². The first-order chi connectivity index (χ1) is 54.6. The van der Waals surface area contributed by atoms with Crippen LogP contribution in [0.5, 0.6) is 5.75 Å². The van der Waals surface area contributed by atoms with Gasteiger partial charge in [0.2, 0.25) is 53.2 Å². The van der Waals surface area contributed by atoms with E-state index in [1.807, 2.05) is 0 Å². The number of aliphatic carboxylic acids is 1. The molecule has 0 radical (unpaired) electrons. The number of carbonyl (C=O) groups excluding carboxylic acids is 12. The fourth-order valence-electron chi connectivity index (χ4n) is 13.9. The van der Waals surface area contributed by atoms with Crippen LogP contribution in [0, 0.1) is 11.6 Å². The number of H-pyrrole nitrogens is 2. The number of rotatable bonds is 36. The van der Waals surface area contributed by atoms with Crippen molar-refractivity contribution in [3.63, 3.8) is 0 Å². The summed E-state index contributed by atoms with van der Waals surface area (Å²) in [4.78, 5) is 191. The molecular formula is C82H104F3N13O18. The highest BCUT2D eigenvalue weighted by molar-refractivity contribution is 6.01. The number of benzene rings is 4. The maximum absolute atomic E-state index is 16.4. The SMILES string of the molecule is C=CCOC(=O)NCC(=O)N[C@H](C)C(=O)N[C@@H](Cc1c[nH]c2ccc(F)cc12)C(=O)N[C@@H](Cc1c[nH]c2ccc(F)cc12)C(=O)N1C[C@@H](F)C[C@H]1C(=O)N[C@H](C(=O)N[C@@H](Cc1ccc(OC)cc1)C(=O)N1CCC[C@@]1(C)C(=O)N[C@@H](Cc1ccc(CN(CC[C@H](NC(C)=O)C(=O)O)C(=O)OC(C)(C)C)cc1)C(C)=O)[C@@H](C)OC(C)(C)C. The lowest BCUT2D eigenvalue weighted by Crippen LogP contribution is -2.64. The number of alkyl halides is 1. The van der Waals surface area contributed by atoms with E-state index >= 15 is 32.8 Å². The fourth-order valence-corrected chi connectivity index (χ4v) is 13.9. The van der Waals surface area contributed by atoms with E-state index in [1.54, 1.807) is 90.1 Å². The predicted molar refractivity (Wildman–Crippen MR) is 419 cm³/mol. The van der Waals surface area contributed by atoms with E-state index < -0.39 is 192 Å². The summed E-state index contributed by atoms with van der Waals surface area (Å²) in [5.74, 6) is -10.5. The number of aromatic nitrogens is 2. The molecule has 0 saturated carbocycles. The van der Waals surface area contributed by atoms with Crippen molar-refractivity contribution in [3.05, 3.63) is 149 Å². The summed E-state index contributed by atoms with van der Waals surface area (Å²) >= 11 is 0. The number of Topliss-reactive ketones (excluding diaryl/α,β-unsaturated/α-hetero) is 1. The van der Waals surface area contributed by atoms with Gasteiger partial charge in [-0.15, -0.1) is 0 Å². The number of fused-ring (bicyclic) bond motifs is 2. The minimum atomic E-state index is -1.90. The highest BCUT2D eigenvalue weighted by Crippen LogP contribution is 2.33. The van der Waals surface area contributed by atoms with Gasteiger partial charge in [0.25, 0.3) is 0 Å². The van der Waals surface area contributed by atoms with Gasteiger partial charge in [-0.1, -0.05) is 49.1 Å². The van der Waals surface area contributed by atoms with E-state index in [4.69, 9.17) is 18.9 Å². The summed E-state index contributed by atoms with van der Waals surface area (Å²) in [6, 6.07) is 8.79. The number of hydrogen-bond acceptors (Lipinski definition) is 17. The van der Waals surface area contributed by atoms with Gasteiger partial charge < -0.3 is 91.3 Å². The third-order valence-electron chi connectivity index (χ3n) is 19.7. The Morgan fingerprint density at radius 2 is 1.24 bits per heavy atom. The topological polar surface area (TPSA) is 417 Å². The molecule has 11 atom stereocenters. The minimum absolute atomic E-state index is 0.00326. The van der Waals surface area contributed by atoms with Crippen LogP contribution in [-0.4, -0.2) is 224 Å². The Morgan fingerprint density at radius 1 is 0.681 bits per heavy atom. The van der Waals surface area contributed by atoms with Gasteiger partial charge in [-0.2, -0.15) is 0 Å². The third kappa shape index (κ3) is 24.8. The number of ether oxygens (including phenoxy) is 4. The number of carbonyl (C=O) groups is 13. The number of nitrogens with zero attached hydrogens (tertiary/aromatic N) is 3.